The summed E-state index contributed by atoms with van der Waals surface area (Å²) in [6.07, 6.45) is 3.63. The van der Waals surface area contributed by atoms with Gasteiger partial charge in [0.1, 0.15) is 17.2 Å². The topological polar surface area (TPSA) is 64.7 Å². The molecule has 0 aliphatic rings. The third-order valence-corrected chi connectivity index (χ3v) is 4.87. The van der Waals surface area contributed by atoms with E-state index in [-0.39, 0.29) is 17.9 Å². The van der Waals surface area contributed by atoms with Crippen molar-refractivity contribution in [2.45, 2.75) is 19.9 Å². The number of amides is 1. The first-order valence-corrected chi connectivity index (χ1v) is 8.71. The van der Waals surface area contributed by atoms with Crippen LogP contribution in [0.3, 0.4) is 0 Å². The van der Waals surface area contributed by atoms with E-state index in [1.807, 2.05) is 41.4 Å². The molecule has 3 aromatic rings. The van der Waals surface area contributed by atoms with E-state index in [4.69, 9.17) is 0 Å². The highest BCUT2D eigenvalue weighted by atomic mass is 32.1. The first kappa shape index (κ1) is 16.4. The number of hydrogen-bond acceptors (Lipinski definition) is 4. The number of nitrogens with zero attached hydrogens (tertiary/aromatic N) is 4. The van der Waals surface area contributed by atoms with Crippen LogP contribution in [-0.4, -0.2) is 25.2 Å². The second kappa shape index (κ2) is 6.60. The maximum Gasteiger partial charge on any atom is 0.270 e. The van der Waals surface area contributed by atoms with Gasteiger partial charge in [0, 0.05) is 26.5 Å². The number of nitrogens with one attached hydrogen (secondary N) is 1. The van der Waals surface area contributed by atoms with E-state index in [9.17, 15) is 4.79 Å². The molecule has 0 aromatic carbocycles. The Labute approximate surface area is 145 Å². The normalized spacial score (nSPS) is 12.5. The molecule has 0 saturated carbocycles. The molecule has 1 atom stereocenters. The van der Waals surface area contributed by atoms with Crippen LogP contribution >= 0.6 is 11.3 Å². The van der Waals surface area contributed by atoms with Crippen molar-refractivity contribution in [3.8, 4) is 10.6 Å². The van der Waals surface area contributed by atoms with Gasteiger partial charge in [0.05, 0.1) is 10.9 Å². The van der Waals surface area contributed by atoms with Crippen molar-refractivity contribution in [3.63, 3.8) is 0 Å². The molecule has 3 heterocycles. The molecule has 1 amide bonds. The van der Waals surface area contributed by atoms with Gasteiger partial charge in [0.2, 0.25) is 0 Å². The molecule has 24 heavy (non-hydrogen) atoms. The van der Waals surface area contributed by atoms with Crippen molar-refractivity contribution < 1.29 is 4.79 Å². The van der Waals surface area contributed by atoms with E-state index in [1.54, 1.807) is 29.3 Å². The lowest BCUT2D eigenvalue weighted by Gasteiger charge is -2.22. The Morgan fingerprint density at radius 1 is 1.33 bits per heavy atom. The lowest BCUT2D eigenvalue weighted by molar-refractivity contribution is 0.0912. The molecule has 0 bridgehead atoms. The molecule has 0 spiro atoms. The Morgan fingerprint density at radius 3 is 2.71 bits per heavy atom. The van der Waals surface area contributed by atoms with Crippen LogP contribution in [0.1, 0.15) is 36.2 Å². The third kappa shape index (κ3) is 3.12. The summed E-state index contributed by atoms with van der Waals surface area (Å²) in [6.45, 7) is 4.14. The van der Waals surface area contributed by atoms with Gasteiger partial charge in [-0.1, -0.05) is 19.9 Å². The number of hydrogen-bond donors (Lipinski definition) is 1. The molecule has 126 valence electrons. The number of imidazole rings is 1. The van der Waals surface area contributed by atoms with Gasteiger partial charge in [-0.2, -0.15) is 5.10 Å². The van der Waals surface area contributed by atoms with Crippen molar-refractivity contribution in [2.75, 3.05) is 0 Å². The number of carbonyl (C=O) groups is 1. The Hall–Kier alpha value is -2.41. The van der Waals surface area contributed by atoms with Crippen LogP contribution in [0.5, 0.6) is 0 Å². The summed E-state index contributed by atoms with van der Waals surface area (Å²) >= 11 is 1.61. The molecule has 7 heteroatoms. The summed E-state index contributed by atoms with van der Waals surface area (Å²) in [5.74, 6) is 0.925. The van der Waals surface area contributed by atoms with Crippen molar-refractivity contribution in [3.05, 3.63) is 47.5 Å². The lowest BCUT2D eigenvalue weighted by atomic mass is 10.0. The van der Waals surface area contributed by atoms with Crippen molar-refractivity contribution in [1.82, 2.24) is 24.6 Å². The number of thiophene rings is 1. The van der Waals surface area contributed by atoms with E-state index in [0.29, 0.717) is 5.69 Å². The largest absolute Gasteiger partial charge is 0.340 e. The van der Waals surface area contributed by atoms with Gasteiger partial charge in [-0.15, -0.1) is 11.3 Å². The molecule has 0 saturated heterocycles. The first-order chi connectivity index (χ1) is 11.5. The van der Waals surface area contributed by atoms with Gasteiger partial charge >= 0.3 is 0 Å². The Kier molecular flexibility index (Phi) is 4.53. The zero-order chi connectivity index (χ0) is 17.3. The number of carbonyl (C=O) groups excluding carboxylic acids is 1. The molecule has 1 N–H and O–H groups in total. The van der Waals surface area contributed by atoms with Crippen LogP contribution in [-0.2, 0) is 14.1 Å². The molecule has 3 rings (SSSR count). The fourth-order valence-corrected chi connectivity index (χ4v) is 3.33. The zero-order valence-corrected chi connectivity index (χ0v) is 15.0. The average Bonchev–Trinajstić information content (AvgIpc) is 3.25. The SMILES string of the molecule is CC(C)[C@H](NC(=O)c1cc(-c2cccs2)nn1C)c1nccn1C. The van der Waals surface area contributed by atoms with Crippen LogP contribution < -0.4 is 5.32 Å². The lowest BCUT2D eigenvalue weighted by Crippen LogP contribution is -2.34. The van der Waals surface area contributed by atoms with Crippen LogP contribution in [0.25, 0.3) is 10.6 Å². The highest BCUT2D eigenvalue weighted by molar-refractivity contribution is 7.13. The highest BCUT2D eigenvalue weighted by Gasteiger charge is 2.24. The zero-order valence-electron chi connectivity index (χ0n) is 14.2. The minimum Gasteiger partial charge on any atom is -0.340 e. The van der Waals surface area contributed by atoms with Crippen LogP contribution in [0.2, 0.25) is 0 Å². The average molecular weight is 343 g/mol. The summed E-state index contributed by atoms with van der Waals surface area (Å²) in [4.78, 5) is 18.2. The van der Waals surface area contributed by atoms with E-state index in [2.05, 4.69) is 29.2 Å². The molecular formula is C17H21N5OS. The van der Waals surface area contributed by atoms with E-state index >= 15 is 0 Å². The molecule has 0 aliphatic carbocycles. The molecule has 0 radical (unpaired) electrons. The van der Waals surface area contributed by atoms with Gasteiger partial charge in [-0.3, -0.25) is 9.48 Å². The van der Waals surface area contributed by atoms with Gasteiger partial charge in [0.25, 0.3) is 5.91 Å². The van der Waals surface area contributed by atoms with Crippen molar-refractivity contribution in [2.24, 2.45) is 20.0 Å². The fraction of sp³-hybridized carbons (Fsp3) is 0.353. The van der Waals surface area contributed by atoms with Crippen LogP contribution in [0.15, 0.2) is 36.0 Å². The second-order valence-corrected chi connectivity index (χ2v) is 7.05. The second-order valence-electron chi connectivity index (χ2n) is 6.11. The summed E-state index contributed by atoms with van der Waals surface area (Å²) in [6, 6.07) is 5.65. The van der Waals surface area contributed by atoms with E-state index < -0.39 is 0 Å². The minimum atomic E-state index is -0.155. The number of aromatic nitrogens is 4. The van der Waals surface area contributed by atoms with Gasteiger partial charge in [0.15, 0.2) is 0 Å². The number of aryl methyl sites for hydroxylation is 2. The highest BCUT2D eigenvalue weighted by Crippen LogP contribution is 2.25. The minimum absolute atomic E-state index is 0.144. The summed E-state index contributed by atoms with van der Waals surface area (Å²) in [5.41, 5.74) is 1.36. The monoisotopic (exact) mass is 343 g/mol. The van der Waals surface area contributed by atoms with Gasteiger partial charge in [-0.25, -0.2) is 4.98 Å². The molecule has 0 aliphatic heterocycles. The van der Waals surface area contributed by atoms with E-state index in [0.717, 1.165) is 16.4 Å². The predicted octanol–water partition coefficient (Wildman–Crippen LogP) is 3.01. The molecule has 0 fully saturated rings. The van der Waals surface area contributed by atoms with Crippen molar-refractivity contribution in [1.29, 1.82) is 0 Å². The predicted molar refractivity (Wildman–Crippen MR) is 94.8 cm³/mol. The maximum atomic E-state index is 12.8. The Bertz CT molecular complexity index is 831. The quantitative estimate of drug-likeness (QED) is 0.774. The van der Waals surface area contributed by atoms with E-state index in [1.165, 1.54) is 0 Å². The van der Waals surface area contributed by atoms with Crippen LogP contribution in [0.4, 0.5) is 0 Å². The summed E-state index contributed by atoms with van der Waals surface area (Å²) < 4.78 is 3.56. The molecule has 6 nitrogen and oxygen atoms in total. The maximum absolute atomic E-state index is 12.8. The number of rotatable bonds is 5. The van der Waals surface area contributed by atoms with Gasteiger partial charge in [-0.05, 0) is 23.4 Å². The Morgan fingerprint density at radius 2 is 2.12 bits per heavy atom. The Balaban J connectivity index is 1.85. The fourth-order valence-electron chi connectivity index (χ4n) is 2.65. The molecular weight excluding hydrogens is 322 g/mol. The summed E-state index contributed by atoms with van der Waals surface area (Å²) in [5, 5.41) is 9.55. The molecule has 3 aromatic heterocycles. The summed E-state index contributed by atoms with van der Waals surface area (Å²) in [7, 11) is 3.72. The smallest absolute Gasteiger partial charge is 0.270 e. The standard InChI is InChI=1S/C17H21N5OS/c1-11(2)15(16-18-7-8-21(16)3)19-17(23)13-10-12(20-22(13)4)14-6-5-9-24-14/h5-11,15H,1-4H3,(H,19,23)/t15-/m0/s1. The van der Waals surface area contributed by atoms with Gasteiger partial charge < -0.3 is 9.88 Å². The third-order valence-electron chi connectivity index (χ3n) is 3.98. The first-order valence-electron chi connectivity index (χ1n) is 7.83. The van der Waals surface area contributed by atoms with Crippen LogP contribution in [0, 0.1) is 5.92 Å². The van der Waals surface area contributed by atoms with Crippen molar-refractivity contribution >= 4 is 17.2 Å². The molecule has 0 unspecified atom stereocenters.